The molecular formula is C32H29NP2. The lowest BCUT2D eigenvalue weighted by Crippen LogP contribution is -2.23. The summed E-state index contributed by atoms with van der Waals surface area (Å²) in [5.41, 5.74) is 8.64. The predicted octanol–water partition coefficient (Wildman–Crippen LogP) is 6.58. The predicted molar refractivity (Wildman–Crippen MR) is 157 cm³/mol. The zero-order valence-corrected chi connectivity index (χ0v) is 21.4. The van der Waals surface area contributed by atoms with Crippen molar-refractivity contribution in [3.8, 4) is 0 Å². The normalized spacial score (nSPS) is 12.1. The molecule has 0 aliphatic rings. The summed E-state index contributed by atoms with van der Waals surface area (Å²) in [7, 11) is -1.19. The molecule has 5 aromatic rings. The molecule has 0 spiro atoms. The highest BCUT2D eigenvalue weighted by Crippen LogP contribution is 2.55. The average Bonchev–Trinajstić information content (AvgIpc) is 2.93. The molecule has 35 heavy (non-hydrogen) atoms. The van der Waals surface area contributed by atoms with Gasteiger partial charge in [-0.15, -0.1) is 0 Å². The molecule has 0 radical (unpaired) electrons. The number of rotatable bonds is 8. The summed E-state index contributed by atoms with van der Waals surface area (Å²) in [6.45, 7) is 0. The summed E-state index contributed by atoms with van der Waals surface area (Å²) in [5, 5.41) is 5.66. The lowest BCUT2D eigenvalue weighted by atomic mass is 10.1. The van der Waals surface area contributed by atoms with Gasteiger partial charge >= 0.3 is 0 Å². The van der Waals surface area contributed by atoms with Gasteiger partial charge in [0, 0.05) is 11.3 Å². The monoisotopic (exact) mass is 489 g/mol. The number of nitrogens with two attached hydrogens (primary N) is 1. The number of anilines is 1. The summed E-state index contributed by atoms with van der Waals surface area (Å²) in [5.74, 6) is 0. The molecule has 1 atom stereocenters. The fourth-order valence-corrected chi connectivity index (χ4v) is 10.4. The van der Waals surface area contributed by atoms with Crippen molar-refractivity contribution in [2.45, 2.75) is 5.66 Å². The standard InChI is InChI=1S/C32H29NP2/c33-27-23-21-26(22-24-27)32(35(30-17-9-3-10-18-30)31-19-11-4-12-20-31)25-34(28-13-5-1-6-14-28)29-15-7-2-8-16-29/h1-24,32H,25,33H2. The third-order valence-corrected chi connectivity index (χ3v) is 11.9. The Morgan fingerprint density at radius 1 is 0.457 bits per heavy atom. The van der Waals surface area contributed by atoms with E-state index < -0.39 is 15.8 Å². The van der Waals surface area contributed by atoms with Crippen molar-refractivity contribution in [3.63, 3.8) is 0 Å². The molecule has 0 bridgehead atoms. The first kappa shape index (κ1) is 23.5. The van der Waals surface area contributed by atoms with Gasteiger partial charge in [-0.25, -0.2) is 0 Å². The fraction of sp³-hybridized carbons (Fsp3) is 0.0625. The van der Waals surface area contributed by atoms with E-state index in [0.717, 1.165) is 11.8 Å². The lowest BCUT2D eigenvalue weighted by Gasteiger charge is -2.33. The fourth-order valence-electron chi connectivity index (χ4n) is 4.49. The van der Waals surface area contributed by atoms with Gasteiger partial charge in [-0.05, 0) is 60.9 Å². The van der Waals surface area contributed by atoms with Crippen molar-refractivity contribution in [2.75, 3.05) is 11.9 Å². The molecule has 1 nitrogen and oxygen atoms in total. The van der Waals surface area contributed by atoms with E-state index in [0.29, 0.717) is 5.66 Å². The van der Waals surface area contributed by atoms with Crippen LogP contribution < -0.4 is 27.0 Å². The zero-order chi connectivity index (χ0) is 23.9. The van der Waals surface area contributed by atoms with Crippen LogP contribution in [0.1, 0.15) is 11.2 Å². The van der Waals surface area contributed by atoms with Crippen molar-refractivity contribution in [2.24, 2.45) is 0 Å². The Labute approximate surface area is 211 Å². The van der Waals surface area contributed by atoms with E-state index in [-0.39, 0.29) is 0 Å². The van der Waals surface area contributed by atoms with Crippen LogP contribution in [0.15, 0.2) is 146 Å². The van der Waals surface area contributed by atoms with E-state index in [1.165, 1.54) is 26.8 Å². The van der Waals surface area contributed by atoms with Crippen LogP contribution in [0.4, 0.5) is 5.69 Å². The Balaban J connectivity index is 1.67. The third kappa shape index (κ3) is 5.71. The maximum Gasteiger partial charge on any atom is 0.0314 e. The van der Waals surface area contributed by atoms with E-state index in [2.05, 4.69) is 146 Å². The molecule has 5 aromatic carbocycles. The van der Waals surface area contributed by atoms with Crippen LogP contribution in [0.25, 0.3) is 0 Å². The second kappa shape index (κ2) is 11.5. The topological polar surface area (TPSA) is 26.0 Å². The summed E-state index contributed by atoms with van der Waals surface area (Å²) >= 11 is 0. The molecule has 172 valence electrons. The van der Waals surface area contributed by atoms with E-state index in [1.807, 2.05) is 0 Å². The minimum atomic E-state index is -0.638. The summed E-state index contributed by atoms with van der Waals surface area (Å²) in [6.07, 6.45) is 1.07. The number of hydrogen-bond acceptors (Lipinski definition) is 1. The van der Waals surface area contributed by atoms with Gasteiger partial charge < -0.3 is 5.73 Å². The first-order chi connectivity index (χ1) is 17.3. The molecule has 2 N–H and O–H groups in total. The van der Waals surface area contributed by atoms with Gasteiger partial charge in [-0.1, -0.05) is 133 Å². The second-order valence-electron chi connectivity index (χ2n) is 8.51. The highest BCUT2D eigenvalue weighted by atomic mass is 31.1. The molecule has 0 saturated heterocycles. The van der Waals surface area contributed by atoms with Crippen LogP contribution in [0.3, 0.4) is 0 Å². The second-order valence-corrected chi connectivity index (χ2v) is 13.2. The van der Waals surface area contributed by atoms with Crippen molar-refractivity contribution >= 4 is 42.7 Å². The van der Waals surface area contributed by atoms with Crippen molar-refractivity contribution in [1.82, 2.24) is 0 Å². The van der Waals surface area contributed by atoms with Gasteiger partial charge in [0.2, 0.25) is 0 Å². The van der Waals surface area contributed by atoms with Crippen LogP contribution in [0, 0.1) is 0 Å². The zero-order valence-electron chi connectivity index (χ0n) is 19.6. The van der Waals surface area contributed by atoms with Gasteiger partial charge in [0.1, 0.15) is 0 Å². The molecule has 5 rings (SSSR count). The average molecular weight is 490 g/mol. The van der Waals surface area contributed by atoms with Gasteiger partial charge in [-0.3, -0.25) is 0 Å². The molecule has 0 amide bonds. The highest BCUT2D eigenvalue weighted by molar-refractivity contribution is 7.76. The van der Waals surface area contributed by atoms with E-state index >= 15 is 0 Å². The molecule has 0 heterocycles. The molecule has 0 fully saturated rings. The molecule has 3 heteroatoms. The molecule has 1 unspecified atom stereocenters. The minimum absolute atomic E-state index is 0.349. The highest BCUT2D eigenvalue weighted by Gasteiger charge is 2.30. The Bertz CT molecular complexity index is 1230. The minimum Gasteiger partial charge on any atom is -0.399 e. The van der Waals surface area contributed by atoms with E-state index in [1.54, 1.807) is 0 Å². The molecule has 0 aliphatic carbocycles. The Morgan fingerprint density at radius 2 is 0.829 bits per heavy atom. The lowest BCUT2D eigenvalue weighted by molar-refractivity contribution is 1.10. The maximum absolute atomic E-state index is 6.12. The Hall–Kier alpha value is -3.24. The number of nitrogen functional groups attached to an aromatic ring is 1. The molecular weight excluding hydrogens is 460 g/mol. The van der Waals surface area contributed by atoms with E-state index in [4.69, 9.17) is 5.73 Å². The summed E-state index contributed by atoms with van der Waals surface area (Å²) < 4.78 is 0. The van der Waals surface area contributed by atoms with Crippen LogP contribution in [0.2, 0.25) is 0 Å². The van der Waals surface area contributed by atoms with Crippen molar-refractivity contribution in [3.05, 3.63) is 151 Å². The maximum atomic E-state index is 6.12. The van der Waals surface area contributed by atoms with Crippen LogP contribution in [0.5, 0.6) is 0 Å². The van der Waals surface area contributed by atoms with Crippen LogP contribution in [-0.4, -0.2) is 6.16 Å². The van der Waals surface area contributed by atoms with Crippen LogP contribution >= 0.6 is 15.8 Å². The van der Waals surface area contributed by atoms with Crippen molar-refractivity contribution < 1.29 is 0 Å². The summed E-state index contributed by atoms with van der Waals surface area (Å²) in [4.78, 5) is 0. The molecule has 0 aliphatic heterocycles. The van der Waals surface area contributed by atoms with Gasteiger partial charge in [0.05, 0.1) is 0 Å². The smallest absolute Gasteiger partial charge is 0.0314 e. The van der Waals surface area contributed by atoms with Gasteiger partial charge in [-0.2, -0.15) is 0 Å². The van der Waals surface area contributed by atoms with Gasteiger partial charge in [0.15, 0.2) is 0 Å². The first-order valence-corrected chi connectivity index (χ1v) is 14.9. The van der Waals surface area contributed by atoms with Crippen LogP contribution in [-0.2, 0) is 0 Å². The number of hydrogen-bond donors (Lipinski definition) is 1. The first-order valence-electron chi connectivity index (χ1n) is 11.9. The largest absolute Gasteiger partial charge is 0.399 e. The Morgan fingerprint density at radius 3 is 1.23 bits per heavy atom. The molecule has 0 saturated carbocycles. The third-order valence-electron chi connectivity index (χ3n) is 6.19. The van der Waals surface area contributed by atoms with Crippen molar-refractivity contribution in [1.29, 1.82) is 0 Å². The van der Waals surface area contributed by atoms with Gasteiger partial charge in [0.25, 0.3) is 0 Å². The van der Waals surface area contributed by atoms with E-state index in [9.17, 15) is 0 Å². The Kier molecular flexibility index (Phi) is 7.69. The number of benzene rings is 5. The summed E-state index contributed by atoms with van der Waals surface area (Å²) in [6, 6.07) is 52.8. The SMILES string of the molecule is Nc1ccc(C(CP(c2ccccc2)c2ccccc2)P(c2ccccc2)c2ccccc2)cc1. The quantitative estimate of drug-likeness (QED) is 0.194. The molecule has 0 aromatic heterocycles.